The third kappa shape index (κ3) is 6.18. The van der Waals surface area contributed by atoms with Crippen LogP contribution >= 0.6 is 24.8 Å². The molecule has 0 spiro atoms. The Hall–Kier alpha value is -2.16. The molecule has 0 saturated heterocycles. The molecule has 1 atom stereocenters. The molecule has 4 rings (SSSR count). The number of rotatable bonds is 8. The van der Waals surface area contributed by atoms with Crippen LogP contribution in [0.4, 0.5) is 0 Å². The topological polar surface area (TPSA) is 84.2 Å². The van der Waals surface area contributed by atoms with Crippen molar-refractivity contribution in [3.63, 3.8) is 0 Å². The summed E-state index contributed by atoms with van der Waals surface area (Å²) in [6, 6.07) is 16.6. The lowest BCUT2D eigenvalue weighted by molar-refractivity contribution is 0.510. The second kappa shape index (κ2) is 10.9. The third-order valence-corrected chi connectivity index (χ3v) is 6.34. The molecule has 6 nitrogen and oxygen atoms in total. The zero-order valence-corrected chi connectivity index (χ0v) is 19.4. The van der Waals surface area contributed by atoms with E-state index in [1.807, 2.05) is 37.3 Å². The fourth-order valence-electron chi connectivity index (χ4n) is 3.29. The minimum Gasteiger partial charge on any atom is -0.461 e. The van der Waals surface area contributed by atoms with Crippen molar-refractivity contribution in [3.8, 4) is 0 Å². The SMILES string of the molecule is C[C@H](CNCCc1cc2ccccc2o1)NS(=O)(=O)c1ccc2cnccc2c1.Cl.Cl. The summed E-state index contributed by atoms with van der Waals surface area (Å²) in [7, 11) is -3.59. The predicted octanol–water partition coefficient (Wildman–Crippen LogP) is 4.32. The maximum Gasteiger partial charge on any atom is 0.240 e. The van der Waals surface area contributed by atoms with Crippen LogP contribution in [0.5, 0.6) is 0 Å². The van der Waals surface area contributed by atoms with E-state index in [4.69, 9.17) is 4.42 Å². The average molecular weight is 482 g/mol. The minimum absolute atomic E-state index is 0. The summed E-state index contributed by atoms with van der Waals surface area (Å²) in [4.78, 5) is 4.30. The van der Waals surface area contributed by atoms with Crippen LogP contribution in [0, 0.1) is 0 Å². The Labute approximate surface area is 194 Å². The quantitative estimate of drug-likeness (QED) is 0.366. The Kier molecular flexibility index (Phi) is 8.85. The number of nitrogens with one attached hydrogen (secondary N) is 2. The zero-order chi connectivity index (χ0) is 20.3. The normalized spacial score (nSPS) is 12.3. The maximum absolute atomic E-state index is 12.7. The van der Waals surface area contributed by atoms with E-state index < -0.39 is 10.0 Å². The van der Waals surface area contributed by atoms with Crippen molar-refractivity contribution in [3.05, 3.63) is 72.8 Å². The average Bonchev–Trinajstić information content (AvgIpc) is 3.13. The van der Waals surface area contributed by atoms with Crippen LogP contribution in [0.25, 0.3) is 21.7 Å². The second-order valence-electron chi connectivity index (χ2n) is 7.11. The molecule has 2 aromatic carbocycles. The van der Waals surface area contributed by atoms with Gasteiger partial charge in [-0.2, -0.15) is 0 Å². The molecule has 166 valence electrons. The van der Waals surface area contributed by atoms with Gasteiger partial charge in [-0.15, -0.1) is 24.8 Å². The molecular weight excluding hydrogens is 457 g/mol. The number of hydrogen-bond acceptors (Lipinski definition) is 5. The fourth-order valence-corrected chi connectivity index (χ4v) is 4.57. The summed E-state index contributed by atoms with van der Waals surface area (Å²) >= 11 is 0. The van der Waals surface area contributed by atoms with Crippen molar-refractivity contribution < 1.29 is 12.8 Å². The first-order chi connectivity index (χ1) is 14.0. The number of pyridine rings is 1. The molecule has 0 radical (unpaired) electrons. The third-order valence-electron chi connectivity index (χ3n) is 4.75. The highest BCUT2D eigenvalue weighted by Crippen LogP contribution is 2.19. The summed E-state index contributed by atoms with van der Waals surface area (Å²) < 4.78 is 33.9. The number of sulfonamides is 1. The van der Waals surface area contributed by atoms with Crippen LogP contribution in [-0.2, 0) is 16.4 Å². The maximum atomic E-state index is 12.7. The van der Waals surface area contributed by atoms with E-state index in [1.165, 1.54) is 0 Å². The van der Waals surface area contributed by atoms with Gasteiger partial charge in [-0.1, -0.05) is 24.3 Å². The summed E-state index contributed by atoms with van der Waals surface area (Å²) in [5.74, 6) is 0.914. The van der Waals surface area contributed by atoms with Crippen molar-refractivity contribution in [2.45, 2.75) is 24.3 Å². The van der Waals surface area contributed by atoms with Gasteiger partial charge in [0.05, 0.1) is 4.90 Å². The largest absolute Gasteiger partial charge is 0.461 e. The molecule has 2 heterocycles. The van der Waals surface area contributed by atoms with E-state index in [-0.39, 0.29) is 35.8 Å². The highest BCUT2D eigenvalue weighted by Gasteiger charge is 2.17. The number of fused-ring (bicyclic) bond motifs is 2. The number of benzene rings is 2. The number of aromatic nitrogens is 1. The molecule has 31 heavy (non-hydrogen) atoms. The first kappa shape index (κ1) is 25.1. The number of hydrogen-bond donors (Lipinski definition) is 2. The van der Waals surface area contributed by atoms with E-state index in [0.29, 0.717) is 13.1 Å². The zero-order valence-electron chi connectivity index (χ0n) is 16.9. The molecule has 4 aromatic rings. The number of furan rings is 1. The highest BCUT2D eigenvalue weighted by molar-refractivity contribution is 7.89. The molecule has 0 unspecified atom stereocenters. The van der Waals surface area contributed by atoms with E-state index in [9.17, 15) is 8.42 Å². The van der Waals surface area contributed by atoms with Crippen LogP contribution in [0.2, 0.25) is 0 Å². The lowest BCUT2D eigenvalue weighted by Crippen LogP contribution is -2.40. The second-order valence-corrected chi connectivity index (χ2v) is 8.83. The first-order valence-corrected chi connectivity index (χ1v) is 11.0. The van der Waals surface area contributed by atoms with Gasteiger partial charge in [0.25, 0.3) is 0 Å². The molecule has 0 bridgehead atoms. The lowest BCUT2D eigenvalue weighted by Gasteiger charge is -2.15. The van der Waals surface area contributed by atoms with Crippen molar-refractivity contribution in [1.82, 2.24) is 15.0 Å². The molecule has 2 N–H and O–H groups in total. The van der Waals surface area contributed by atoms with Crippen molar-refractivity contribution in [2.75, 3.05) is 13.1 Å². The molecule has 0 aliphatic carbocycles. The standard InChI is InChI=1S/C22H23N3O3S.2ClH/c1-16(14-23-11-9-20-12-18-4-2-3-5-22(18)28-20)25-29(26,27)21-7-6-19-15-24-10-8-17(19)13-21;;/h2-8,10,12-13,15-16,23,25H,9,11,14H2,1H3;2*1H/t16-;;/m1../s1. The lowest BCUT2D eigenvalue weighted by atomic mass is 10.2. The van der Waals surface area contributed by atoms with Crippen molar-refractivity contribution in [1.29, 1.82) is 0 Å². The van der Waals surface area contributed by atoms with Crippen molar-refractivity contribution in [2.24, 2.45) is 0 Å². The van der Waals surface area contributed by atoms with Crippen LogP contribution in [-0.4, -0.2) is 32.5 Å². The van der Waals surface area contributed by atoms with Crippen molar-refractivity contribution >= 4 is 56.6 Å². The van der Waals surface area contributed by atoms with Gasteiger partial charge in [0.1, 0.15) is 11.3 Å². The minimum atomic E-state index is -3.59. The van der Waals surface area contributed by atoms with E-state index in [0.717, 1.165) is 33.9 Å². The summed E-state index contributed by atoms with van der Waals surface area (Å²) in [5, 5.41) is 6.13. The highest BCUT2D eigenvalue weighted by atomic mass is 35.5. The Balaban J connectivity index is 0.00000171. The van der Waals surface area contributed by atoms with Crippen LogP contribution in [0.3, 0.4) is 0 Å². The van der Waals surface area contributed by atoms with Gasteiger partial charge in [0.15, 0.2) is 0 Å². The van der Waals surface area contributed by atoms with Gasteiger partial charge >= 0.3 is 0 Å². The predicted molar refractivity (Wildman–Crippen MR) is 129 cm³/mol. The van der Waals surface area contributed by atoms with Crippen LogP contribution < -0.4 is 10.0 Å². The molecule has 0 aliphatic rings. The van der Waals surface area contributed by atoms with Gasteiger partial charge < -0.3 is 9.73 Å². The summed E-state index contributed by atoms with van der Waals surface area (Å²) in [6.07, 6.45) is 4.11. The first-order valence-electron chi connectivity index (χ1n) is 9.55. The smallest absolute Gasteiger partial charge is 0.240 e. The molecule has 0 saturated carbocycles. The van der Waals surface area contributed by atoms with Crippen LogP contribution in [0.15, 0.2) is 76.3 Å². The van der Waals surface area contributed by atoms with Crippen LogP contribution in [0.1, 0.15) is 12.7 Å². The van der Waals surface area contributed by atoms with Gasteiger partial charge in [-0.25, -0.2) is 13.1 Å². The molecule has 0 aliphatic heterocycles. The summed E-state index contributed by atoms with van der Waals surface area (Å²) in [5.41, 5.74) is 0.884. The monoisotopic (exact) mass is 481 g/mol. The van der Waals surface area contributed by atoms with Gasteiger partial charge in [-0.05, 0) is 42.6 Å². The fraction of sp³-hybridized carbons (Fsp3) is 0.227. The molecule has 0 fully saturated rings. The Morgan fingerprint density at radius 1 is 1.00 bits per heavy atom. The number of para-hydroxylation sites is 1. The Morgan fingerprint density at radius 3 is 2.61 bits per heavy atom. The molecule has 2 aromatic heterocycles. The molecular formula is C22H25Cl2N3O3S. The van der Waals surface area contributed by atoms with E-state index in [2.05, 4.69) is 15.0 Å². The molecule has 0 amide bonds. The molecule has 9 heteroatoms. The summed E-state index contributed by atoms with van der Waals surface area (Å²) in [6.45, 7) is 3.07. The Bertz CT molecular complexity index is 1210. The van der Waals surface area contributed by atoms with Gasteiger partial charge in [-0.3, -0.25) is 4.98 Å². The van der Waals surface area contributed by atoms with E-state index >= 15 is 0 Å². The number of nitrogens with zero attached hydrogens (tertiary/aromatic N) is 1. The Morgan fingerprint density at radius 2 is 1.81 bits per heavy atom. The van der Waals surface area contributed by atoms with E-state index in [1.54, 1.807) is 36.7 Å². The van der Waals surface area contributed by atoms with Gasteiger partial charge in [0.2, 0.25) is 10.0 Å². The number of halogens is 2. The van der Waals surface area contributed by atoms with Gasteiger partial charge in [0, 0.05) is 48.7 Å².